The van der Waals surface area contributed by atoms with Gasteiger partial charge in [-0.1, -0.05) is 6.07 Å². The van der Waals surface area contributed by atoms with Crippen molar-refractivity contribution in [2.24, 2.45) is 11.5 Å². The fraction of sp³-hybridized carbons (Fsp3) is 0. The molecular weight excluding hydrogens is 192 g/mol. The van der Waals surface area contributed by atoms with Crippen LogP contribution in [0, 0.1) is 10.8 Å². The van der Waals surface area contributed by atoms with Crippen molar-refractivity contribution in [3.05, 3.63) is 35.8 Å². The average Bonchev–Trinajstić information content (AvgIpc) is 2.56. The molecule has 0 aliphatic heterocycles. The van der Waals surface area contributed by atoms with Crippen LogP contribution in [0.25, 0.3) is 5.65 Å². The Morgan fingerprint density at radius 3 is 2.53 bits per heavy atom. The van der Waals surface area contributed by atoms with Gasteiger partial charge in [-0.25, -0.2) is 4.98 Å². The highest BCUT2D eigenvalue weighted by Crippen LogP contribution is 2.11. The van der Waals surface area contributed by atoms with Gasteiger partial charge < -0.3 is 11.5 Å². The van der Waals surface area contributed by atoms with Crippen LogP contribution in [0.4, 0.5) is 0 Å². The minimum absolute atomic E-state index is 0.154. The summed E-state index contributed by atoms with van der Waals surface area (Å²) in [5.41, 5.74) is 12.0. The molecule has 0 aromatic carbocycles. The number of pyridine rings is 1. The van der Waals surface area contributed by atoms with Crippen LogP contribution >= 0.6 is 0 Å². The van der Waals surface area contributed by atoms with Gasteiger partial charge in [-0.15, -0.1) is 0 Å². The van der Waals surface area contributed by atoms with Gasteiger partial charge in [0.1, 0.15) is 28.7 Å². The Balaban J connectivity index is 2.86. The lowest BCUT2D eigenvalue weighted by Gasteiger charge is -2.00. The Bertz CT molecular complexity index is 553. The molecule has 6 nitrogen and oxygen atoms in total. The van der Waals surface area contributed by atoms with Crippen molar-refractivity contribution in [2.75, 3.05) is 0 Å². The number of rotatable bonds is 2. The molecule has 0 fully saturated rings. The zero-order valence-corrected chi connectivity index (χ0v) is 7.86. The fourth-order valence-corrected chi connectivity index (χ4v) is 1.44. The predicted octanol–water partition coefficient (Wildman–Crippen LogP) is -0.0976. The number of amidine groups is 2. The van der Waals surface area contributed by atoms with Gasteiger partial charge in [0.05, 0.1) is 0 Å². The Morgan fingerprint density at radius 2 is 1.93 bits per heavy atom. The number of nitrogens with zero attached hydrogens (tertiary/aromatic N) is 2. The van der Waals surface area contributed by atoms with Gasteiger partial charge in [0.2, 0.25) is 0 Å². The highest BCUT2D eigenvalue weighted by molar-refractivity contribution is 6.06. The highest BCUT2D eigenvalue weighted by atomic mass is 15.1. The molecule has 0 radical (unpaired) electrons. The summed E-state index contributed by atoms with van der Waals surface area (Å²) >= 11 is 0. The highest BCUT2D eigenvalue weighted by Gasteiger charge is 2.15. The Morgan fingerprint density at radius 1 is 1.20 bits per heavy atom. The normalized spacial score (nSPS) is 10.4. The van der Waals surface area contributed by atoms with Gasteiger partial charge in [-0.3, -0.25) is 15.2 Å². The SMILES string of the molecule is N=C(N)c1nc2ccccn2c1C(=N)N. The van der Waals surface area contributed by atoms with Crippen molar-refractivity contribution in [1.82, 2.24) is 9.38 Å². The molecule has 76 valence electrons. The molecule has 0 bridgehead atoms. The number of hydrogen-bond donors (Lipinski definition) is 4. The van der Waals surface area contributed by atoms with E-state index in [9.17, 15) is 0 Å². The van der Waals surface area contributed by atoms with E-state index in [1.165, 1.54) is 0 Å². The second-order valence-electron chi connectivity index (χ2n) is 3.07. The van der Waals surface area contributed by atoms with E-state index >= 15 is 0 Å². The van der Waals surface area contributed by atoms with Gasteiger partial charge in [0, 0.05) is 6.20 Å². The van der Waals surface area contributed by atoms with E-state index in [2.05, 4.69) is 4.98 Å². The van der Waals surface area contributed by atoms with Crippen LogP contribution in [0.2, 0.25) is 0 Å². The van der Waals surface area contributed by atoms with E-state index in [4.69, 9.17) is 22.3 Å². The summed E-state index contributed by atoms with van der Waals surface area (Å²) in [6.45, 7) is 0. The smallest absolute Gasteiger partial charge is 0.144 e. The van der Waals surface area contributed by atoms with Crippen LogP contribution in [0.1, 0.15) is 11.4 Å². The van der Waals surface area contributed by atoms with Crippen LogP contribution in [-0.2, 0) is 0 Å². The molecule has 0 aliphatic carbocycles. The second-order valence-corrected chi connectivity index (χ2v) is 3.07. The first-order chi connectivity index (χ1) is 7.11. The summed E-state index contributed by atoms with van der Waals surface area (Å²) in [5, 5.41) is 14.8. The van der Waals surface area contributed by atoms with E-state index in [1.807, 2.05) is 6.07 Å². The molecule has 2 aromatic heterocycles. The quantitative estimate of drug-likeness (QED) is 0.402. The lowest BCUT2D eigenvalue weighted by molar-refractivity contribution is 1.15. The van der Waals surface area contributed by atoms with Crippen molar-refractivity contribution in [1.29, 1.82) is 10.8 Å². The third kappa shape index (κ3) is 1.32. The molecule has 6 heteroatoms. The Labute approximate surface area is 85.5 Å². The molecule has 0 unspecified atom stereocenters. The number of hydrogen-bond acceptors (Lipinski definition) is 3. The minimum Gasteiger partial charge on any atom is -0.382 e. The number of nitrogens with two attached hydrogens (primary N) is 2. The van der Waals surface area contributed by atoms with Crippen LogP contribution < -0.4 is 11.5 Å². The summed E-state index contributed by atoms with van der Waals surface area (Å²) in [5.74, 6) is -0.345. The Kier molecular flexibility index (Phi) is 1.89. The lowest BCUT2D eigenvalue weighted by atomic mass is 10.3. The van der Waals surface area contributed by atoms with E-state index in [0.29, 0.717) is 11.3 Å². The molecule has 2 aromatic rings. The molecule has 0 aliphatic rings. The van der Waals surface area contributed by atoms with Crippen molar-refractivity contribution in [3.8, 4) is 0 Å². The first kappa shape index (κ1) is 9.20. The van der Waals surface area contributed by atoms with Gasteiger partial charge in [0.15, 0.2) is 0 Å². The molecule has 0 amide bonds. The van der Waals surface area contributed by atoms with Crippen LogP contribution in [0.5, 0.6) is 0 Å². The number of imidazole rings is 1. The average molecular weight is 202 g/mol. The Hall–Kier alpha value is -2.37. The third-order valence-corrected chi connectivity index (χ3v) is 2.04. The van der Waals surface area contributed by atoms with Gasteiger partial charge in [0.25, 0.3) is 0 Å². The topological polar surface area (TPSA) is 117 Å². The van der Waals surface area contributed by atoms with Crippen molar-refractivity contribution >= 4 is 17.3 Å². The van der Waals surface area contributed by atoms with E-state index in [1.54, 1.807) is 22.7 Å². The van der Waals surface area contributed by atoms with Crippen molar-refractivity contribution in [2.45, 2.75) is 0 Å². The first-order valence-electron chi connectivity index (χ1n) is 4.27. The minimum atomic E-state index is -0.191. The zero-order valence-electron chi connectivity index (χ0n) is 7.86. The molecule has 2 rings (SSSR count). The fourth-order valence-electron chi connectivity index (χ4n) is 1.44. The monoisotopic (exact) mass is 202 g/mol. The van der Waals surface area contributed by atoms with E-state index in [-0.39, 0.29) is 17.4 Å². The molecule has 2 heterocycles. The molecule has 0 saturated carbocycles. The number of aromatic nitrogens is 2. The van der Waals surface area contributed by atoms with E-state index < -0.39 is 0 Å². The first-order valence-corrected chi connectivity index (χ1v) is 4.27. The summed E-state index contributed by atoms with van der Waals surface area (Å²) < 4.78 is 1.64. The summed E-state index contributed by atoms with van der Waals surface area (Å²) in [6.07, 6.45) is 1.73. The van der Waals surface area contributed by atoms with Gasteiger partial charge >= 0.3 is 0 Å². The lowest BCUT2D eigenvalue weighted by Crippen LogP contribution is -2.21. The van der Waals surface area contributed by atoms with Crippen molar-refractivity contribution in [3.63, 3.8) is 0 Å². The number of nitrogen functional groups attached to an aromatic ring is 2. The van der Waals surface area contributed by atoms with Gasteiger partial charge in [-0.05, 0) is 12.1 Å². The molecular formula is C9H10N6. The number of nitrogens with one attached hydrogen (secondary N) is 2. The maximum atomic E-state index is 7.43. The third-order valence-electron chi connectivity index (χ3n) is 2.04. The predicted molar refractivity (Wildman–Crippen MR) is 57.2 cm³/mol. The van der Waals surface area contributed by atoms with E-state index in [0.717, 1.165) is 0 Å². The molecule has 15 heavy (non-hydrogen) atoms. The summed E-state index contributed by atoms with van der Waals surface area (Å²) in [6, 6.07) is 5.38. The molecule has 6 N–H and O–H groups in total. The van der Waals surface area contributed by atoms with Crippen LogP contribution in [0.3, 0.4) is 0 Å². The number of fused-ring (bicyclic) bond motifs is 1. The van der Waals surface area contributed by atoms with Crippen LogP contribution in [0.15, 0.2) is 24.4 Å². The maximum absolute atomic E-state index is 7.43. The molecule has 0 saturated heterocycles. The second kappa shape index (κ2) is 3.09. The summed E-state index contributed by atoms with van der Waals surface area (Å²) in [7, 11) is 0. The standard InChI is InChI=1S/C9H10N6/c10-8(11)6-7(9(12)13)15-4-2-1-3-5(15)14-6/h1-4H,(H3,10,11)(H3,12,13). The molecule has 0 spiro atoms. The summed E-state index contributed by atoms with van der Waals surface area (Å²) in [4.78, 5) is 4.13. The van der Waals surface area contributed by atoms with Crippen LogP contribution in [-0.4, -0.2) is 21.1 Å². The zero-order chi connectivity index (χ0) is 11.0. The largest absolute Gasteiger partial charge is 0.382 e. The molecule has 0 atom stereocenters. The van der Waals surface area contributed by atoms with Gasteiger partial charge in [-0.2, -0.15) is 0 Å². The van der Waals surface area contributed by atoms with Crippen molar-refractivity contribution < 1.29 is 0 Å². The maximum Gasteiger partial charge on any atom is 0.144 e.